The predicted molar refractivity (Wildman–Crippen MR) is 99.6 cm³/mol. The van der Waals surface area contributed by atoms with Gasteiger partial charge in [-0.1, -0.05) is 30.3 Å². The van der Waals surface area contributed by atoms with Crippen LogP contribution in [0.25, 0.3) is 0 Å². The van der Waals surface area contributed by atoms with E-state index < -0.39 is 0 Å². The Hall–Kier alpha value is -2.73. The molecule has 1 saturated heterocycles. The second-order valence-electron chi connectivity index (χ2n) is 7.04. The highest BCUT2D eigenvalue weighted by Crippen LogP contribution is 2.24. The van der Waals surface area contributed by atoms with Gasteiger partial charge in [0.05, 0.1) is 25.7 Å². The van der Waals surface area contributed by atoms with Crippen LogP contribution in [0.2, 0.25) is 0 Å². The second-order valence-corrected chi connectivity index (χ2v) is 7.04. The number of ether oxygens (including phenoxy) is 1. The van der Waals surface area contributed by atoms with E-state index in [9.17, 15) is 9.59 Å². The number of carbonyl (C=O) groups excluding carboxylic acids is 2. The molecule has 2 aliphatic heterocycles. The first-order valence-corrected chi connectivity index (χ1v) is 9.32. The first-order valence-electron chi connectivity index (χ1n) is 9.32. The largest absolute Gasteiger partial charge is 0.377 e. The summed E-state index contributed by atoms with van der Waals surface area (Å²) in [6, 6.07) is 13.5. The monoisotopic (exact) mass is 365 g/mol. The Morgan fingerprint density at radius 1 is 1.04 bits per heavy atom. The molecular weight excluding hydrogens is 342 g/mol. The maximum absolute atomic E-state index is 12.8. The summed E-state index contributed by atoms with van der Waals surface area (Å²) in [5.74, 6) is 0.0665. The van der Waals surface area contributed by atoms with Crippen LogP contribution in [0.5, 0.6) is 0 Å². The molecule has 0 radical (unpaired) electrons. The molecule has 2 aliphatic rings. The molecule has 1 aromatic carbocycles. The molecule has 27 heavy (non-hydrogen) atoms. The Morgan fingerprint density at radius 3 is 2.48 bits per heavy atom. The van der Waals surface area contributed by atoms with Gasteiger partial charge in [-0.25, -0.2) is 0 Å². The van der Waals surface area contributed by atoms with E-state index in [4.69, 9.17) is 4.74 Å². The standard InChI is InChI=1S/C21H23N3O3/c25-20(23-13-16-5-1-2-6-17(16)14-23)12-19-15-27-10-9-24(19)21(26)11-18-7-3-4-8-22-18/h1-8,19H,9-15H2/t19-/m0/s1. The average molecular weight is 365 g/mol. The minimum Gasteiger partial charge on any atom is -0.377 e. The van der Waals surface area contributed by atoms with Gasteiger partial charge in [-0.05, 0) is 23.3 Å². The lowest BCUT2D eigenvalue weighted by Gasteiger charge is -2.36. The summed E-state index contributed by atoms with van der Waals surface area (Å²) in [5, 5.41) is 0. The van der Waals surface area contributed by atoms with Gasteiger partial charge < -0.3 is 14.5 Å². The van der Waals surface area contributed by atoms with E-state index in [0.29, 0.717) is 39.3 Å². The van der Waals surface area contributed by atoms with Crippen LogP contribution in [0.4, 0.5) is 0 Å². The van der Waals surface area contributed by atoms with Gasteiger partial charge in [0.15, 0.2) is 0 Å². The van der Waals surface area contributed by atoms with Gasteiger partial charge in [0.2, 0.25) is 11.8 Å². The first kappa shape index (κ1) is 17.7. The zero-order chi connectivity index (χ0) is 18.6. The van der Waals surface area contributed by atoms with Crippen LogP contribution in [0.1, 0.15) is 23.2 Å². The highest BCUT2D eigenvalue weighted by molar-refractivity contribution is 5.81. The Kier molecular flexibility index (Phi) is 5.16. The van der Waals surface area contributed by atoms with Crippen LogP contribution in [0.15, 0.2) is 48.7 Å². The quantitative estimate of drug-likeness (QED) is 0.829. The molecule has 1 aromatic heterocycles. The van der Waals surface area contributed by atoms with Crippen LogP contribution in [0.3, 0.4) is 0 Å². The molecule has 0 aliphatic carbocycles. The van der Waals surface area contributed by atoms with E-state index in [1.165, 1.54) is 11.1 Å². The molecule has 6 nitrogen and oxygen atoms in total. The lowest BCUT2D eigenvalue weighted by atomic mass is 10.1. The normalized spacial score (nSPS) is 19.0. The number of pyridine rings is 1. The first-order chi connectivity index (χ1) is 13.2. The number of hydrogen-bond donors (Lipinski definition) is 0. The van der Waals surface area contributed by atoms with Gasteiger partial charge in [-0.15, -0.1) is 0 Å². The molecule has 140 valence electrons. The summed E-state index contributed by atoms with van der Waals surface area (Å²) < 4.78 is 5.56. The highest BCUT2D eigenvalue weighted by Gasteiger charge is 2.32. The summed E-state index contributed by atoms with van der Waals surface area (Å²) in [5.41, 5.74) is 3.15. The molecule has 6 heteroatoms. The van der Waals surface area contributed by atoms with Crippen LogP contribution in [-0.4, -0.2) is 52.4 Å². The topological polar surface area (TPSA) is 62.7 Å². The maximum Gasteiger partial charge on any atom is 0.229 e. The highest BCUT2D eigenvalue weighted by atomic mass is 16.5. The van der Waals surface area contributed by atoms with Crippen molar-refractivity contribution in [1.82, 2.24) is 14.8 Å². The average Bonchev–Trinajstić information content (AvgIpc) is 3.13. The van der Waals surface area contributed by atoms with Gasteiger partial charge in [-0.2, -0.15) is 0 Å². The van der Waals surface area contributed by atoms with Crippen molar-refractivity contribution in [3.05, 3.63) is 65.5 Å². The van der Waals surface area contributed by atoms with Gasteiger partial charge in [0.1, 0.15) is 0 Å². The van der Waals surface area contributed by atoms with E-state index in [1.54, 1.807) is 11.1 Å². The smallest absolute Gasteiger partial charge is 0.229 e. The minimum absolute atomic E-state index is 0.000456. The third-order valence-electron chi connectivity index (χ3n) is 5.21. The molecule has 0 spiro atoms. The van der Waals surface area contributed by atoms with Gasteiger partial charge >= 0.3 is 0 Å². The molecular formula is C21H23N3O3. The summed E-state index contributed by atoms with van der Waals surface area (Å²) in [7, 11) is 0. The van der Waals surface area contributed by atoms with Crippen molar-refractivity contribution in [3.8, 4) is 0 Å². The third kappa shape index (κ3) is 4.01. The summed E-state index contributed by atoms with van der Waals surface area (Å²) in [6.45, 7) is 2.72. The molecule has 2 aromatic rings. The number of benzene rings is 1. The predicted octanol–water partition coefficient (Wildman–Crippen LogP) is 1.78. The number of nitrogens with zero attached hydrogens (tertiary/aromatic N) is 3. The Morgan fingerprint density at radius 2 is 1.78 bits per heavy atom. The number of aromatic nitrogens is 1. The van der Waals surface area contributed by atoms with Crippen molar-refractivity contribution in [3.63, 3.8) is 0 Å². The Balaban J connectivity index is 1.39. The minimum atomic E-state index is -0.217. The number of fused-ring (bicyclic) bond motifs is 1. The van der Waals surface area contributed by atoms with Crippen LogP contribution >= 0.6 is 0 Å². The second kappa shape index (κ2) is 7.88. The summed E-state index contributed by atoms with van der Waals surface area (Å²) >= 11 is 0. The van der Waals surface area contributed by atoms with Crippen LogP contribution < -0.4 is 0 Å². The van der Waals surface area contributed by atoms with Crippen molar-refractivity contribution in [2.24, 2.45) is 0 Å². The molecule has 0 N–H and O–H groups in total. The van der Waals surface area contributed by atoms with Crippen molar-refractivity contribution in [2.45, 2.75) is 32.0 Å². The molecule has 2 amide bonds. The fourth-order valence-electron chi connectivity index (χ4n) is 3.75. The van der Waals surface area contributed by atoms with Gasteiger partial charge in [0, 0.05) is 37.9 Å². The molecule has 4 rings (SSSR count). The SMILES string of the molecule is O=C(C[C@H]1COCCN1C(=O)Cc1ccccn1)N1Cc2ccccc2C1. The molecule has 0 saturated carbocycles. The zero-order valence-corrected chi connectivity index (χ0v) is 15.2. The van der Waals surface area contributed by atoms with Gasteiger partial charge in [-0.3, -0.25) is 14.6 Å². The molecule has 1 fully saturated rings. The number of rotatable bonds is 4. The zero-order valence-electron chi connectivity index (χ0n) is 15.2. The lowest BCUT2D eigenvalue weighted by molar-refractivity contribution is -0.143. The molecule has 0 unspecified atom stereocenters. The van der Waals surface area contributed by atoms with E-state index in [0.717, 1.165) is 5.69 Å². The Bertz CT molecular complexity index is 799. The fraction of sp³-hybridized carbons (Fsp3) is 0.381. The van der Waals surface area contributed by atoms with E-state index >= 15 is 0 Å². The Labute approximate surface area is 158 Å². The van der Waals surface area contributed by atoms with Crippen molar-refractivity contribution in [1.29, 1.82) is 0 Å². The van der Waals surface area contributed by atoms with Crippen molar-refractivity contribution < 1.29 is 14.3 Å². The molecule has 0 bridgehead atoms. The third-order valence-corrected chi connectivity index (χ3v) is 5.21. The summed E-state index contributed by atoms with van der Waals surface area (Å²) in [4.78, 5) is 33.5. The van der Waals surface area contributed by atoms with Gasteiger partial charge in [0.25, 0.3) is 0 Å². The number of amides is 2. The molecule has 1 atom stereocenters. The molecule has 3 heterocycles. The van der Waals surface area contributed by atoms with Crippen molar-refractivity contribution in [2.75, 3.05) is 19.8 Å². The summed E-state index contributed by atoms with van der Waals surface area (Å²) in [6.07, 6.45) is 2.23. The number of carbonyl (C=O) groups is 2. The number of hydrogen-bond acceptors (Lipinski definition) is 4. The van der Waals surface area contributed by atoms with E-state index in [1.807, 2.05) is 35.2 Å². The maximum atomic E-state index is 12.8. The van der Waals surface area contributed by atoms with Crippen LogP contribution in [-0.2, 0) is 33.8 Å². The fourth-order valence-corrected chi connectivity index (χ4v) is 3.75. The van der Waals surface area contributed by atoms with E-state index in [-0.39, 0.29) is 24.3 Å². The number of morpholine rings is 1. The van der Waals surface area contributed by atoms with E-state index in [2.05, 4.69) is 17.1 Å². The van der Waals surface area contributed by atoms with Crippen molar-refractivity contribution >= 4 is 11.8 Å². The lowest BCUT2D eigenvalue weighted by Crippen LogP contribution is -2.51. The van der Waals surface area contributed by atoms with Crippen LogP contribution in [0, 0.1) is 0 Å².